The molecule has 0 saturated heterocycles. The van der Waals surface area contributed by atoms with Crippen LogP contribution in [0.4, 0.5) is 0 Å². The first-order valence-corrected chi connectivity index (χ1v) is 7.63. The second-order valence-corrected chi connectivity index (χ2v) is 5.64. The van der Waals surface area contributed by atoms with E-state index in [0.29, 0.717) is 13.2 Å². The standard InChI is InChI=1S/C17H20N4O2/c1-5-23-17(22)15-10-21(19-18-15)9-13-6-7-16-14(8-13)11(2)12(3)20(16)4/h6-8,10H,5,9H2,1-4H3. The second kappa shape index (κ2) is 5.87. The number of fused-ring (bicyclic) bond motifs is 1. The van der Waals surface area contributed by atoms with E-state index in [9.17, 15) is 4.79 Å². The number of hydrogen-bond donors (Lipinski definition) is 0. The summed E-state index contributed by atoms with van der Waals surface area (Å²) in [4.78, 5) is 11.6. The van der Waals surface area contributed by atoms with Crippen LogP contribution in [-0.2, 0) is 18.3 Å². The van der Waals surface area contributed by atoms with E-state index >= 15 is 0 Å². The predicted molar refractivity (Wildman–Crippen MR) is 87.5 cm³/mol. The molecule has 0 fully saturated rings. The van der Waals surface area contributed by atoms with Crippen LogP contribution in [0.5, 0.6) is 0 Å². The molecule has 1 aromatic carbocycles. The van der Waals surface area contributed by atoms with E-state index in [0.717, 1.165) is 5.56 Å². The molecule has 120 valence electrons. The maximum Gasteiger partial charge on any atom is 0.360 e. The Kier molecular flexibility index (Phi) is 3.90. The molecular formula is C17H20N4O2. The summed E-state index contributed by atoms with van der Waals surface area (Å²) in [6.45, 7) is 6.92. The van der Waals surface area contributed by atoms with E-state index in [2.05, 4.69) is 54.0 Å². The van der Waals surface area contributed by atoms with Crippen molar-refractivity contribution >= 4 is 16.9 Å². The average Bonchev–Trinajstić information content (AvgIpc) is 3.08. The van der Waals surface area contributed by atoms with Gasteiger partial charge in [-0.1, -0.05) is 11.3 Å². The minimum absolute atomic E-state index is 0.236. The summed E-state index contributed by atoms with van der Waals surface area (Å²) in [7, 11) is 2.08. The van der Waals surface area contributed by atoms with Gasteiger partial charge in [0.25, 0.3) is 0 Å². The van der Waals surface area contributed by atoms with Crippen LogP contribution in [0, 0.1) is 13.8 Å². The molecule has 0 radical (unpaired) electrons. The van der Waals surface area contributed by atoms with E-state index in [1.807, 2.05) is 0 Å². The summed E-state index contributed by atoms with van der Waals surface area (Å²) in [5.41, 5.74) is 5.12. The molecule has 0 saturated carbocycles. The number of aromatic nitrogens is 4. The van der Waals surface area contributed by atoms with Gasteiger partial charge in [0.2, 0.25) is 0 Å². The van der Waals surface area contributed by atoms with Gasteiger partial charge in [-0.2, -0.15) is 0 Å². The molecule has 2 heterocycles. The van der Waals surface area contributed by atoms with Gasteiger partial charge in [-0.05, 0) is 44.0 Å². The number of rotatable bonds is 4. The van der Waals surface area contributed by atoms with Crippen LogP contribution in [0.15, 0.2) is 24.4 Å². The molecule has 6 nitrogen and oxygen atoms in total. The Hall–Kier alpha value is -2.63. The van der Waals surface area contributed by atoms with Crippen molar-refractivity contribution in [3.8, 4) is 0 Å². The van der Waals surface area contributed by atoms with Crippen LogP contribution in [0.3, 0.4) is 0 Å². The lowest BCUT2D eigenvalue weighted by molar-refractivity contribution is 0.0519. The van der Waals surface area contributed by atoms with E-state index < -0.39 is 5.97 Å². The van der Waals surface area contributed by atoms with Crippen LogP contribution in [0.25, 0.3) is 10.9 Å². The van der Waals surface area contributed by atoms with Crippen LogP contribution < -0.4 is 0 Å². The molecule has 0 amide bonds. The number of carbonyl (C=O) groups is 1. The molecule has 0 bridgehead atoms. The van der Waals surface area contributed by atoms with Crippen LogP contribution >= 0.6 is 0 Å². The van der Waals surface area contributed by atoms with Crippen LogP contribution in [0.1, 0.15) is 34.2 Å². The Morgan fingerprint density at radius 3 is 2.83 bits per heavy atom. The van der Waals surface area contributed by atoms with Gasteiger partial charge < -0.3 is 9.30 Å². The molecule has 0 aliphatic heterocycles. The summed E-state index contributed by atoms with van der Waals surface area (Å²) in [6.07, 6.45) is 1.62. The molecule has 0 aliphatic rings. The fourth-order valence-corrected chi connectivity index (χ4v) is 2.76. The highest BCUT2D eigenvalue weighted by Gasteiger charge is 2.13. The van der Waals surface area contributed by atoms with Crippen molar-refractivity contribution in [1.82, 2.24) is 19.6 Å². The quantitative estimate of drug-likeness (QED) is 0.695. The summed E-state index contributed by atoms with van der Waals surface area (Å²) >= 11 is 0. The van der Waals surface area contributed by atoms with E-state index in [1.54, 1.807) is 17.8 Å². The predicted octanol–water partition coefficient (Wildman–Crippen LogP) is 2.61. The van der Waals surface area contributed by atoms with Gasteiger partial charge in [-0.15, -0.1) is 5.10 Å². The molecular weight excluding hydrogens is 292 g/mol. The van der Waals surface area contributed by atoms with Gasteiger partial charge in [0, 0.05) is 23.6 Å². The van der Waals surface area contributed by atoms with E-state index in [4.69, 9.17) is 4.74 Å². The first-order valence-electron chi connectivity index (χ1n) is 7.63. The Morgan fingerprint density at radius 1 is 1.30 bits per heavy atom. The largest absolute Gasteiger partial charge is 0.461 e. The molecule has 6 heteroatoms. The number of carbonyl (C=O) groups excluding carboxylic acids is 1. The lowest BCUT2D eigenvalue weighted by Crippen LogP contribution is -2.05. The molecule has 0 spiro atoms. The molecule has 0 N–H and O–H groups in total. The monoisotopic (exact) mass is 312 g/mol. The zero-order valence-electron chi connectivity index (χ0n) is 13.8. The highest BCUT2D eigenvalue weighted by atomic mass is 16.5. The Labute approximate surface area is 134 Å². The Morgan fingerprint density at radius 2 is 2.09 bits per heavy atom. The minimum atomic E-state index is -0.441. The number of aryl methyl sites for hydroxylation is 2. The topological polar surface area (TPSA) is 61.9 Å². The first kappa shape index (κ1) is 15.3. The maximum atomic E-state index is 11.6. The van der Waals surface area contributed by atoms with Gasteiger partial charge in [0.1, 0.15) is 0 Å². The third-order valence-electron chi connectivity index (χ3n) is 4.24. The number of esters is 1. The molecule has 3 aromatic rings. The lowest BCUT2D eigenvalue weighted by Gasteiger charge is -2.03. The highest BCUT2D eigenvalue weighted by Crippen LogP contribution is 2.25. The number of hydrogen-bond acceptors (Lipinski definition) is 4. The van der Waals surface area contributed by atoms with Crippen molar-refractivity contribution < 1.29 is 9.53 Å². The smallest absolute Gasteiger partial charge is 0.360 e. The van der Waals surface area contributed by atoms with E-state index in [1.165, 1.54) is 22.2 Å². The molecule has 0 unspecified atom stereocenters. The van der Waals surface area contributed by atoms with Crippen molar-refractivity contribution in [2.75, 3.05) is 6.61 Å². The van der Waals surface area contributed by atoms with Crippen molar-refractivity contribution in [2.45, 2.75) is 27.3 Å². The zero-order valence-corrected chi connectivity index (χ0v) is 13.8. The first-order chi connectivity index (χ1) is 11.0. The minimum Gasteiger partial charge on any atom is -0.461 e. The number of benzene rings is 1. The molecule has 0 aliphatic carbocycles. The molecule has 0 atom stereocenters. The third-order valence-corrected chi connectivity index (χ3v) is 4.24. The number of nitrogens with zero attached hydrogens (tertiary/aromatic N) is 4. The summed E-state index contributed by atoms with van der Waals surface area (Å²) < 4.78 is 8.77. The molecule has 2 aromatic heterocycles. The van der Waals surface area contributed by atoms with Gasteiger partial charge in [-0.25, -0.2) is 9.48 Å². The van der Waals surface area contributed by atoms with Crippen LogP contribution in [0.2, 0.25) is 0 Å². The third kappa shape index (κ3) is 2.72. The zero-order chi connectivity index (χ0) is 16.6. The molecule has 3 rings (SSSR count). The SMILES string of the molecule is CCOC(=O)c1cn(Cc2ccc3c(c2)c(C)c(C)n3C)nn1. The van der Waals surface area contributed by atoms with Gasteiger partial charge in [0.15, 0.2) is 5.69 Å². The lowest BCUT2D eigenvalue weighted by atomic mass is 10.1. The summed E-state index contributed by atoms with van der Waals surface area (Å²) in [5.74, 6) is -0.441. The van der Waals surface area contributed by atoms with Crippen molar-refractivity contribution in [3.63, 3.8) is 0 Å². The van der Waals surface area contributed by atoms with Gasteiger partial charge in [0.05, 0.1) is 19.3 Å². The highest BCUT2D eigenvalue weighted by molar-refractivity contribution is 5.87. The van der Waals surface area contributed by atoms with Gasteiger partial charge >= 0.3 is 5.97 Å². The molecule has 23 heavy (non-hydrogen) atoms. The van der Waals surface area contributed by atoms with Crippen molar-refractivity contribution in [1.29, 1.82) is 0 Å². The second-order valence-electron chi connectivity index (χ2n) is 5.64. The van der Waals surface area contributed by atoms with Gasteiger partial charge in [-0.3, -0.25) is 0 Å². The Balaban J connectivity index is 1.87. The Bertz CT molecular complexity index is 876. The fourth-order valence-electron chi connectivity index (χ4n) is 2.76. The fraction of sp³-hybridized carbons (Fsp3) is 0.353. The normalized spacial score (nSPS) is 11.1. The summed E-state index contributed by atoms with van der Waals surface area (Å²) in [5, 5.41) is 9.11. The van der Waals surface area contributed by atoms with Crippen molar-refractivity contribution in [3.05, 3.63) is 46.9 Å². The number of ether oxygens (including phenoxy) is 1. The maximum absolute atomic E-state index is 11.6. The summed E-state index contributed by atoms with van der Waals surface area (Å²) in [6, 6.07) is 6.37. The van der Waals surface area contributed by atoms with E-state index in [-0.39, 0.29) is 5.69 Å². The van der Waals surface area contributed by atoms with Crippen molar-refractivity contribution in [2.24, 2.45) is 7.05 Å². The van der Waals surface area contributed by atoms with Crippen LogP contribution in [-0.4, -0.2) is 32.1 Å². The average molecular weight is 312 g/mol.